The first-order valence-corrected chi connectivity index (χ1v) is 9.45. The number of fused-ring (bicyclic) bond motifs is 2. The number of carbonyl (C=O) groups excluding carboxylic acids is 1. The molecule has 2 aliphatic rings. The Balaban J connectivity index is 1.74. The number of amides is 1. The summed E-state index contributed by atoms with van der Waals surface area (Å²) in [5, 5.41) is 0. The van der Waals surface area contributed by atoms with Crippen molar-refractivity contribution in [1.82, 2.24) is 0 Å². The maximum atomic E-state index is 13.3. The van der Waals surface area contributed by atoms with Gasteiger partial charge < -0.3 is 19.1 Å². The maximum absolute atomic E-state index is 13.3. The van der Waals surface area contributed by atoms with Gasteiger partial charge in [0.1, 0.15) is 5.75 Å². The van der Waals surface area contributed by atoms with Crippen LogP contribution in [0, 0.1) is 0 Å². The molecule has 26 heavy (non-hydrogen) atoms. The van der Waals surface area contributed by atoms with Gasteiger partial charge in [-0.05, 0) is 38.1 Å². The quantitative estimate of drug-likeness (QED) is 0.754. The first kappa shape index (κ1) is 17.5. The van der Waals surface area contributed by atoms with Crippen molar-refractivity contribution < 1.29 is 19.0 Å². The molecule has 0 bridgehead atoms. The third-order valence-corrected chi connectivity index (χ3v) is 4.98. The van der Waals surface area contributed by atoms with Crippen LogP contribution in [0.4, 0.5) is 5.69 Å². The Morgan fingerprint density at radius 3 is 2.65 bits per heavy atom. The van der Waals surface area contributed by atoms with Crippen LogP contribution in [0.5, 0.6) is 5.75 Å². The first-order chi connectivity index (χ1) is 12.5. The average molecular weight is 418 g/mol. The number of anilines is 1. The molecule has 0 N–H and O–H groups in total. The molecule has 6 heteroatoms. The van der Waals surface area contributed by atoms with Crippen LogP contribution in [0.1, 0.15) is 25.0 Å². The lowest BCUT2D eigenvalue weighted by atomic mass is 10.1. The van der Waals surface area contributed by atoms with Crippen molar-refractivity contribution in [2.75, 3.05) is 18.1 Å². The number of ether oxygens (including phenoxy) is 3. The Bertz CT molecular complexity index is 845. The molecule has 0 radical (unpaired) electrons. The van der Waals surface area contributed by atoms with Gasteiger partial charge in [-0.1, -0.05) is 34.1 Å². The fraction of sp³-hybridized carbons (Fsp3) is 0.350. The van der Waals surface area contributed by atoms with Gasteiger partial charge in [0.15, 0.2) is 0 Å². The molecule has 2 heterocycles. The number of benzene rings is 2. The number of hydrogen-bond acceptors (Lipinski definition) is 4. The Kier molecular flexibility index (Phi) is 4.50. The van der Waals surface area contributed by atoms with E-state index in [4.69, 9.17) is 14.2 Å². The topological polar surface area (TPSA) is 48.0 Å². The summed E-state index contributed by atoms with van der Waals surface area (Å²) in [4.78, 5) is 15.0. The molecule has 136 valence electrons. The van der Waals surface area contributed by atoms with E-state index in [0.717, 1.165) is 27.0 Å². The van der Waals surface area contributed by atoms with E-state index in [1.807, 2.05) is 56.3 Å². The van der Waals surface area contributed by atoms with E-state index in [9.17, 15) is 4.79 Å². The van der Waals surface area contributed by atoms with E-state index in [-0.39, 0.29) is 12.0 Å². The van der Waals surface area contributed by atoms with Gasteiger partial charge in [-0.2, -0.15) is 0 Å². The number of hydrogen-bond donors (Lipinski definition) is 0. The molecule has 0 atom stereocenters. The van der Waals surface area contributed by atoms with Crippen LogP contribution in [-0.2, 0) is 26.6 Å². The predicted octanol–water partition coefficient (Wildman–Crippen LogP) is 3.98. The minimum absolute atomic E-state index is 0.0570. The number of para-hydroxylation sites is 1. The lowest BCUT2D eigenvalue weighted by Gasteiger charge is -2.23. The molecule has 1 amide bonds. The summed E-state index contributed by atoms with van der Waals surface area (Å²) >= 11 is 3.48. The van der Waals surface area contributed by atoms with Crippen molar-refractivity contribution in [2.24, 2.45) is 0 Å². The lowest BCUT2D eigenvalue weighted by Crippen LogP contribution is -2.41. The van der Waals surface area contributed by atoms with Crippen LogP contribution < -0.4 is 9.64 Å². The number of nitrogens with zero attached hydrogens (tertiary/aromatic N) is 1. The van der Waals surface area contributed by atoms with Crippen LogP contribution in [-0.4, -0.2) is 25.2 Å². The number of rotatable bonds is 4. The monoisotopic (exact) mass is 417 g/mol. The van der Waals surface area contributed by atoms with Gasteiger partial charge in [-0.3, -0.25) is 4.79 Å². The van der Waals surface area contributed by atoms with Crippen LogP contribution in [0.2, 0.25) is 0 Å². The van der Waals surface area contributed by atoms with E-state index in [0.29, 0.717) is 19.8 Å². The smallest absolute Gasteiger partial charge is 0.292 e. The second kappa shape index (κ2) is 6.68. The fourth-order valence-corrected chi connectivity index (χ4v) is 3.79. The molecule has 2 aromatic carbocycles. The largest absolute Gasteiger partial charge is 0.491 e. The highest BCUT2D eigenvalue weighted by atomic mass is 79.9. The minimum atomic E-state index is -1.33. The summed E-state index contributed by atoms with van der Waals surface area (Å²) in [6.45, 7) is 5.17. The van der Waals surface area contributed by atoms with E-state index < -0.39 is 5.79 Å². The fourth-order valence-electron chi connectivity index (χ4n) is 3.43. The zero-order valence-corrected chi connectivity index (χ0v) is 16.3. The number of halogens is 1. The molecule has 1 spiro atoms. The minimum Gasteiger partial charge on any atom is -0.491 e. The standard InChI is InChI=1S/C20H20BrNO4/c1-13(2)26-18-6-4-3-5-14(18)12-22-17-8-7-15(21)11-16(17)20(19(22)23)24-9-10-25-20/h3-8,11,13H,9-10,12H2,1-2H3. The molecule has 0 unspecified atom stereocenters. The van der Waals surface area contributed by atoms with Crippen molar-refractivity contribution in [1.29, 1.82) is 0 Å². The van der Waals surface area contributed by atoms with Gasteiger partial charge in [0, 0.05) is 15.6 Å². The average Bonchev–Trinajstić information content (AvgIpc) is 3.18. The van der Waals surface area contributed by atoms with Gasteiger partial charge in [0.2, 0.25) is 0 Å². The summed E-state index contributed by atoms with van der Waals surface area (Å²) < 4.78 is 18.4. The van der Waals surface area contributed by atoms with Crippen LogP contribution in [0.15, 0.2) is 46.9 Å². The molecular formula is C20H20BrNO4. The molecule has 2 aromatic rings. The van der Waals surface area contributed by atoms with Crippen LogP contribution in [0.25, 0.3) is 0 Å². The van der Waals surface area contributed by atoms with Crippen molar-refractivity contribution in [3.8, 4) is 5.75 Å². The molecular weight excluding hydrogens is 398 g/mol. The highest BCUT2D eigenvalue weighted by Gasteiger charge is 2.56. The van der Waals surface area contributed by atoms with Gasteiger partial charge in [0.05, 0.1) is 31.5 Å². The highest BCUT2D eigenvalue weighted by Crippen LogP contribution is 2.47. The van der Waals surface area contributed by atoms with Crippen LogP contribution in [0.3, 0.4) is 0 Å². The summed E-state index contributed by atoms with van der Waals surface area (Å²) in [5.41, 5.74) is 2.49. The summed E-state index contributed by atoms with van der Waals surface area (Å²) in [6, 6.07) is 13.5. The summed E-state index contributed by atoms with van der Waals surface area (Å²) in [6.07, 6.45) is 0.0570. The summed E-state index contributed by atoms with van der Waals surface area (Å²) in [7, 11) is 0. The third-order valence-electron chi connectivity index (χ3n) is 4.49. The molecule has 2 aliphatic heterocycles. The third kappa shape index (κ3) is 2.82. The van der Waals surface area contributed by atoms with Gasteiger partial charge in [0.25, 0.3) is 11.7 Å². The molecule has 4 rings (SSSR count). The Labute approximate surface area is 161 Å². The van der Waals surface area contributed by atoms with E-state index in [1.54, 1.807) is 4.90 Å². The Hall–Kier alpha value is -1.89. The molecule has 0 saturated carbocycles. The molecule has 0 aromatic heterocycles. The van der Waals surface area contributed by atoms with E-state index >= 15 is 0 Å². The highest BCUT2D eigenvalue weighted by molar-refractivity contribution is 9.10. The van der Waals surface area contributed by atoms with E-state index in [2.05, 4.69) is 15.9 Å². The first-order valence-electron chi connectivity index (χ1n) is 8.66. The second-order valence-corrected chi connectivity index (χ2v) is 7.56. The van der Waals surface area contributed by atoms with Crippen LogP contribution >= 0.6 is 15.9 Å². The molecule has 1 saturated heterocycles. The van der Waals surface area contributed by atoms with Crippen molar-refractivity contribution >= 4 is 27.5 Å². The predicted molar refractivity (Wildman–Crippen MR) is 101 cm³/mol. The normalized spacial score (nSPS) is 18.0. The SMILES string of the molecule is CC(C)Oc1ccccc1CN1C(=O)C2(OCCO2)c2cc(Br)ccc21. The Morgan fingerprint density at radius 2 is 1.92 bits per heavy atom. The van der Waals surface area contributed by atoms with Gasteiger partial charge >= 0.3 is 0 Å². The van der Waals surface area contributed by atoms with Gasteiger partial charge in [-0.15, -0.1) is 0 Å². The second-order valence-electron chi connectivity index (χ2n) is 6.64. The zero-order chi connectivity index (χ0) is 18.3. The lowest BCUT2D eigenvalue weighted by molar-refractivity contribution is -0.180. The van der Waals surface area contributed by atoms with Gasteiger partial charge in [-0.25, -0.2) is 0 Å². The number of carbonyl (C=O) groups is 1. The van der Waals surface area contributed by atoms with Crippen molar-refractivity contribution in [3.05, 3.63) is 58.1 Å². The molecule has 1 fully saturated rings. The molecule has 5 nitrogen and oxygen atoms in total. The summed E-state index contributed by atoms with van der Waals surface area (Å²) in [5.74, 6) is -0.738. The zero-order valence-electron chi connectivity index (χ0n) is 14.7. The van der Waals surface area contributed by atoms with Crippen molar-refractivity contribution in [2.45, 2.75) is 32.3 Å². The van der Waals surface area contributed by atoms with Crippen molar-refractivity contribution in [3.63, 3.8) is 0 Å². The molecule has 0 aliphatic carbocycles. The Morgan fingerprint density at radius 1 is 1.19 bits per heavy atom. The maximum Gasteiger partial charge on any atom is 0.292 e. The van der Waals surface area contributed by atoms with E-state index in [1.165, 1.54) is 0 Å².